The van der Waals surface area contributed by atoms with Crippen molar-refractivity contribution in [2.75, 3.05) is 25.2 Å². The van der Waals surface area contributed by atoms with Gasteiger partial charge in [-0.1, -0.05) is 6.08 Å². The lowest BCUT2D eigenvalue weighted by atomic mass is 10.2. The van der Waals surface area contributed by atoms with Crippen molar-refractivity contribution in [1.82, 2.24) is 5.32 Å². The molecule has 0 aliphatic rings. The number of benzene rings is 1. The van der Waals surface area contributed by atoms with Crippen LogP contribution >= 0.6 is 27.7 Å². The fourth-order valence-electron chi connectivity index (χ4n) is 1.43. The Hall–Kier alpha value is -0.650. The summed E-state index contributed by atoms with van der Waals surface area (Å²) in [6.45, 7) is 5.38. The Kier molecular flexibility index (Phi) is 7.23. The second-order valence-electron chi connectivity index (χ2n) is 3.67. The topological polar surface area (TPSA) is 41.5 Å². The number of thioether (sulfide) groups is 1. The molecule has 2 N–H and O–H groups in total. The zero-order valence-corrected chi connectivity index (χ0v) is 12.8. The summed E-state index contributed by atoms with van der Waals surface area (Å²) in [7, 11) is 1.55. The van der Waals surface area contributed by atoms with E-state index < -0.39 is 0 Å². The molecule has 0 aromatic heterocycles. The quantitative estimate of drug-likeness (QED) is 0.567. The van der Waals surface area contributed by atoms with Crippen molar-refractivity contribution in [3.63, 3.8) is 0 Å². The first-order valence-electron chi connectivity index (χ1n) is 5.63. The van der Waals surface area contributed by atoms with Gasteiger partial charge in [0.05, 0.1) is 11.6 Å². The van der Waals surface area contributed by atoms with E-state index in [0.717, 1.165) is 30.2 Å². The molecule has 18 heavy (non-hydrogen) atoms. The number of methoxy groups -OCH3 is 1. The van der Waals surface area contributed by atoms with Crippen LogP contribution in [0.2, 0.25) is 0 Å². The Bertz CT molecular complexity index is 399. The molecule has 1 rings (SSSR count). The maximum Gasteiger partial charge on any atom is 0.172 e. The average molecular weight is 332 g/mol. The van der Waals surface area contributed by atoms with Crippen LogP contribution in [0.25, 0.3) is 0 Å². The fourth-order valence-corrected chi connectivity index (χ4v) is 2.54. The van der Waals surface area contributed by atoms with Gasteiger partial charge < -0.3 is 15.2 Å². The summed E-state index contributed by atoms with van der Waals surface area (Å²) in [6.07, 6.45) is 1.91. The Morgan fingerprint density at radius 1 is 1.56 bits per heavy atom. The van der Waals surface area contributed by atoms with E-state index in [1.807, 2.05) is 30.0 Å². The van der Waals surface area contributed by atoms with Crippen LogP contribution in [0.3, 0.4) is 0 Å². The zero-order valence-electron chi connectivity index (χ0n) is 10.4. The first-order valence-corrected chi connectivity index (χ1v) is 7.58. The SMILES string of the molecule is C=CCSCCNCc1cc(Br)c(O)c(OC)c1. The molecule has 0 heterocycles. The van der Waals surface area contributed by atoms with Crippen molar-refractivity contribution in [2.24, 2.45) is 0 Å². The molecule has 0 atom stereocenters. The third-order valence-corrected chi connectivity index (χ3v) is 3.86. The third kappa shape index (κ3) is 4.92. The molecule has 0 aliphatic heterocycles. The smallest absolute Gasteiger partial charge is 0.172 e. The Labute approximate surface area is 121 Å². The van der Waals surface area contributed by atoms with Crippen molar-refractivity contribution >= 4 is 27.7 Å². The second-order valence-corrected chi connectivity index (χ2v) is 5.67. The van der Waals surface area contributed by atoms with Gasteiger partial charge in [-0.3, -0.25) is 0 Å². The molecule has 0 saturated carbocycles. The van der Waals surface area contributed by atoms with Gasteiger partial charge in [-0.2, -0.15) is 11.8 Å². The lowest BCUT2D eigenvalue weighted by Gasteiger charge is -2.09. The van der Waals surface area contributed by atoms with E-state index in [9.17, 15) is 5.11 Å². The van der Waals surface area contributed by atoms with E-state index in [1.165, 1.54) is 0 Å². The molecule has 0 bridgehead atoms. The summed E-state index contributed by atoms with van der Waals surface area (Å²) >= 11 is 5.16. The first-order chi connectivity index (χ1) is 8.69. The van der Waals surface area contributed by atoms with Gasteiger partial charge in [-0.15, -0.1) is 6.58 Å². The molecule has 0 amide bonds. The van der Waals surface area contributed by atoms with Crippen LogP contribution in [0.1, 0.15) is 5.56 Å². The summed E-state index contributed by atoms with van der Waals surface area (Å²) in [4.78, 5) is 0. The Morgan fingerprint density at radius 2 is 2.33 bits per heavy atom. The lowest BCUT2D eigenvalue weighted by Crippen LogP contribution is -2.16. The molecule has 0 aliphatic carbocycles. The van der Waals surface area contributed by atoms with Crippen LogP contribution < -0.4 is 10.1 Å². The van der Waals surface area contributed by atoms with Crippen LogP contribution in [0.5, 0.6) is 11.5 Å². The molecule has 100 valence electrons. The van der Waals surface area contributed by atoms with E-state index in [1.54, 1.807) is 7.11 Å². The predicted molar refractivity (Wildman–Crippen MR) is 81.6 cm³/mol. The number of phenols is 1. The molecule has 1 aromatic carbocycles. The van der Waals surface area contributed by atoms with Crippen LogP contribution in [0.4, 0.5) is 0 Å². The van der Waals surface area contributed by atoms with E-state index in [0.29, 0.717) is 10.2 Å². The summed E-state index contributed by atoms with van der Waals surface area (Å²) in [5.74, 6) is 2.67. The Morgan fingerprint density at radius 3 is 3.00 bits per heavy atom. The standard InChI is InChI=1S/C13H18BrNO2S/c1-3-5-18-6-4-15-9-10-7-11(14)13(16)12(8-10)17-2/h3,7-8,15-16H,1,4-6,9H2,2H3. The van der Waals surface area contributed by atoms with Crippen LogP contribution in [-0.2, 0) is 6.54 Å². The van der Waals surface area contributed by atoms with Crippen LogP contribution in [0, 0.1) is 0 Å². The number of aromatic hydroxyl groups is 1. The van der Waals surface area contributed by atoms with Gasteiger partial charge >= 0.3 is 0 Å². The zero-order chi connectivity index (χ0) is 13.4. The van der Waals surface area contributed by atoms with Crippen molar-refractivity contribution in [3.8, 4) is 11.5 Å². The minimum atomic E-state index is 0.141. The number of hydrogen-bond donors (Lipinski definition) is 2. The summed E-state index contributed by atoms with van der Waals surface area (Å²) in [6, 6.07) is 3.73. The molecule has 0 fully saturated rings. The highest BCUT2D eigenvalue weighted by molar-refractivity contribution is 9.10. The summed E-state index contributed by atoms with van der Waals surface area (Å²) in [5.41, 5.74) is 1.07. The van der Waals surface area contributed by atoms with Gasteiger partial charge in [-0.05, 0) is 33.6 Å². The fraction of sp³-hybridized carbons (Fsp3) is 0.385. The highest BCUT2D eigenvalue weighted by Crippen LogP contribution is 2.35. The van der Waals surface area contributed by atoms with Gasteiger partial charge in [0, 0.05) is 24.6 Å². The maximum absolute atomic E-state index is 9.69. The first kappa shape index (κ1) is 15.4. The van der Waals surface area contributed by atoms with Gasteiger partial charge in [0.2, 0.25) is 0 Å². The number of hydrogen-bond acceptors (Lipinski definition) is 4. The number of phenolic OH excluding ortho intramolecular Hbond substituents is 1. The average Bonchev–Trinajstić information content (AvgIpc) is 2.37. The number of halogens is 1. The molecule has 0 unspecified atom stereocenters. The Balaban J connectivity index is 2.42. The predicted octanol–water partition coefficient (Wildman–Crippen LogP) is 3.17. The van der Waals surface area contributed by atoms with Gasteiger partial charge in [-0.25, -0.2) is 0 Å². The van der Waals surface area contributed by atoms with E-state index in [4.69, 9.17) is 4.74 Å². The van der Waals surface area contributed by atoms with Crippen molar-refractivity contribution in [2.45, 2.75) is 6.54 Å². The minimum Gasteiger partial charge on any atom is -0.503 e. The summed E-state index contributed by atoms with van der Waals surface area (Å²) < 4.78 is 5.76. The molecule has 1 aromatic rings. The van der Waals surface area contributed by atoms with Crippen LogP contribution in [0.15, 0.2) is 29.3 Å². The molecule has 5 heteroatoms. The number of nitrogens with one attached hydrogen (secondary N) is 1. The molecule has 0 radical (unpaired) electrons. The molecular formula is C13H18BrNO2S. The van der Waals surface area contributed by atoms with Gasteiger partial charge in [0.15, 0.2) is 11.5 Å². The van der Waals surface area contributed by atoms with Crippen molar-refractivity contribution in [3.05, 3.63) is 34.8 Å². The van der Waals surface area contributed by atoms with E-state index in [-0.39, 0.29) is 5.75 Å². The highest BCUT2D eigenvalue weighted by atomic mass is 79.9. The number of rotatable bonds is 8. The third-order valence-electron chi connectivity index (χ3n) is 2.30. The molecule has 3 nitrogen and oxygen atoms in total. The summed E-state index contributed by atoms with van der Waals surface area (Å²) in [5, 5.41) is 13.0. The van der Waals surface area contributed by atoms with Crippen LogP contribution in [-0.4, -0.2) is 30.3 Å². The lowest BCUT2D eigenvalue weighted by molar-refractivity contribution is 0.371. The van der Waals surface area contributed by atoms with Gasteiger partial charge in [0.1, 0.15) is 0 Å². The van der Waals surface area contributed by atoms with Gasteiger partial charge in [0.25, 0.3) is 0 Å². The van der Waals surface area contributed by atoms with Crippen molar-refractivity contribution < 1.29 is 9.84 Å². The van der Waals surface area contributed by atoms with E-state index in [2.05, 4.69) is 27.8 Å². The molecular weight excluding hydrogens is 314 g/mol. The van der Waals surface area contributed by atoms with Crippen molar-refractivity contribution in [1.29, 1.82) is 0 Å². The highest BCUT2D eigenvalue weighted by Gasteiger charge is 2.08. The number of ether oxygens (including phenoxy) is 1. The normalized spacial score (nSPS) is 10.3. The monoisotopic (exact) mass is 331 g/mol. The second kappa shape index (κ2) is 8.45. The molecule has 0 spiro atoms. The largest absolute Gasteiger partial charge is 0.503 e. The maximum atomic E-state index is 9.69. The molecule has 0 saturated heterocycles. The van der Waals surface area contributed by atoms with E-state index >= 15 is 0 Å². The minimum absolute atomic E-state index is 0.141.